The van der Waals surface area contributed by atoms with Gasteiger partial charge in [-0.2, -0.15) is 0 Å². The fourth-order valence-electron chi connectivity index (χ4n) is 2.46. The van der Waals surface area contributed by atoms with Gasteiger partial charge in [-0.3, -0.25) is 4.79 Å². The Hall–Kier alpha value is -2.11. The summed E-state index contributed by atoms with van der Waals surface area (Å²) >= 11 is 0. The van der Waals surface area contributed by atoms with Gasteiger partial charge in [-0.1, -0.05) is 0 Å². The van der Waals surface area contributed by atoms with Crippen molar-refractivity contribution in [3.63, 3.8) is 0 Å². The van der Waals surface area contributed by atoms with Gasteiger partial charge in [0.05, 0.1) is 6.61 Å². The maximum absolute atomic E-state index is 12.6. The van der Waals surface area contributed by atoms with E-state index in [2.05, 4.69) is 4.98 Å². The summed E-state index contributed by atoms with van der Waals surface area (Å²) in [6.45, 7) is 2.69. The first-order valence-corrected chi connectivity index (χ1v) is 7.15. The largest absolute Gasteiger partial charge is 0.464 e. The van der Waals surface area contributed by atoms with Gasteiger partial charge in [0, 0.05) is 32.4 Å². The molecule has 1 amide bonds. The fraction of sp³-hybridized carbons (Fsp3) is 0.533. The molecule has 6 heteroatoms. The van der Waals surface area contributed by atoms with Gasteiger partial charge in [-0.05, 0) is 31.9 Å². The first kappa shape index (κ1) is 15.3. The third-order valence-electron chi connectivity index (χ3n) is 3.52. The van der Waals surface area contributed by atoms with Gasteiger partial charge < -0.3 is 14.5 Å². The molecular formula is C15H21N3O3. The number of aromatic nitrogens is 1. The Morgan fingerprint density at radius 2 is 2.24 bits per heavy atom. The van der Waals surface area contributed by atoms with Crippen LogP contribution in [-0.2, 0) is 9.53 Å². The third-order valence-corrected chi connectivity index (χ3v) is 3.52. The lowest BCUT2D eigenvalue weighted by molar-refractivity contribution is -0.147. The molecule has 2 heterocycles. The molecule has 1 aliphatic rings. The summed E-state index contributed by atoms with van der Waals surface area (Å²) in [6, 6.07) is 2.95. The van der Waals surface area contributed by atoms with Crippen LogP contribution in [0.4, 0.5) is 5.82 Å². The number of nitrogens with zero attached hydrogens (tertiary/aromatic N) is 3. The summed E-state index contributed by atoms with van der Waals surface area (Å²) in [6.07, 6.45) is 3.09. The molecule has 1 aromatic heterocycles. The number of amides is 1. The van der Waals surface area contributed by atoms with Crippen LogP contribution in [0.5, 0.6) is 0 Å². The van der Waals surface area contributed by atoms with E-state index >= 15 is 0 Å². The van der Waals surface area contributed by atoms with Gasteiger partial charge in [0.1, 0.15) is 11.9 Å². The number of hydrogen-bond acceptors (Lipinski definition) is 5. The number of anilines is 1. The lowest BCUT2D eigenvalue weighted by atomic mass is 10.2. The lowest BCUT2D eigenvalue weighted by Gasteiger charge is -2.23. The Kier molecular flexibility index (Phi) is 4.77. The highest BCUT2D eigenvalue weighted by atomic mass is 16.5. The number of carbonyl (C=O) groups is 2. The molecular weight excluding hydrogens is 270 g/mol. The zero-order chi connectivity index (χ0) is 15.4. The molecule has 0 bridgehead atoms. The highest BCUT2D eigenvalue weighted by molar-refractivity contribution is 5.97. The quantitative estimate of drug-likeness (QED) is 0.783. The molecule has 2 rings (SSSR count). The van der Waals surface area contributed by atoms with Crippen molar-refractivity contribution in [3.8, 4) is 0 Å². The van der Waals surface area contributed by atoms with Crippen molar-refractivity contribution in [1.82, 2.24) is 9.88 Å². The minimum Gasteiger partial charge on any atom is -0.464 e. The standard InChI is InChI=1S/C15H21N3O3/c1-4-21-15(20)12-6-5-9-18(12)14(19)11-7-8-16-13(10-11)17(2)3/h7-8,10,12H,4-6,9H2,1-3H3. The molecule has 1 aromatic rings. The van der Waals surface area contributed by atoms with E-state index in [1.54, 1.807) is 30.2 Å². The first-order chi connectivity index (χ1) is 10.0. The van der Waals surface area contributed by atoms with Crippen LogP contribution in [0.25, 0.3) is 0 Å². The molecule has 21 heavy (non-hydrogen) atoms. The van der Waals surface area contributed by atoms with Crippen LogP contribution in [0.2, 0.25) is 0 Å². The number of esters is 1. The van der Waals surface area contributed by atoms with E-state index in [0.29, 0.717) is 31.0 Å². The molecule has 114 valence electrons. The van der Waals surface area contributed by atoms with Crippen LogP contribution in [0, 0.1) is 0 Å². The molecule has 0 spiro atoms. The number of rotatable bonds is 4. The normalized spacial score (nSPS) is 17.7. The molecule has 1 aliphatic heterocycles. The van der Waals surface area contributed by atoms with E-state index in [9.17, 15) is 9.59 Å². The van der Waals surface area contributed by atoms with Crippen molar-refractivity contribution in [2.75, 3.05) is 32.1 Å². The van der Waals surface area contributed by atoms with Crippen molar-refractivity contribution in [2.24, 2.45) is 0 Å². The molecule has 0 N–H and O–H groups in total. The molecule has 1 fully saturated rings. The van der Waals surface area contributed by atoms with E-state index in [1.165, 1.54) is 0 Å². The number of likely N-dealkylation sites (tertiary alicyclic amines) is 1. The van der Waals surface area contributed by atoms with Crippen molar-refractivity contribution < 1.29 is 14.3 Å². The fourth-order valence-corrected chi connectivity index (χ4v) is 2.46. The molecule has 0 aliphatic carbocycles. The molecule has 0 saturated carbocycles. The smallest absolute Gasteiger partial charge is 0.328 e. The number of pyridine rings is 1. The van der Waals surface area contributed by atoms with Crippen LogP contribution < -0.4 is 4.90 Å². The van der Waals surface area contributed by atoms with E-state index in [-0.39, 0.29) is 11.9 Å². The Bertz CT molecular complexity index is 531. The summed E-state index contributed by atoms with van der Waals surface area (Å²) < 4.78 is 5.05. The second kappa shape index (κ2) is 6.56. The third kappa shape index (κ3) is 3.32. The van der Waals surface area contributed by atoms with Gasteiger partial charge in [-0.15, -0.1) is 0 Å². The lowest BCUT2D eigenvalue weighted by Crippen LogP contribution is -2.41. The number of carbonyl (C=O) groups excluding carboxylic acids is 2. The van der Waals surface area contributed by atoms with Crippen molar-refractivity contribution in [3.05, 3.63) is 23.9 Å². The molecule has 0 radical (unpaired) electrons. The topological polar surface area (TPSA) is 62.7 Å². The minimum atomic E-state index is -0.464. The van der Waals surface area contributed by atoms with E-state index in [1.807, 2.05) is 19.0 Å². The minimum absolute atomic E-state index is 0.143. The van der Waals surface area contributed by atoms with Crippen molar-refractivity contribution >= 4 is 17.7 Å². The Labute approximate surface area is 124 Å². The average molecular weight is 291 g/mol. The zero-order valence-corrected chi connectivity index (χ0v) is 12.7. The van der Waals surface area contributed by atoms with Crippen LogP contribution in [0.1, 0.15) is 30.1 Å². The maximum Gasteiger partial charge on any atom is 0.328 e. The second-order valence-electron chi connectivity index (χ2n) is 5.21. The van der Waals surface area contributed by atoms with Crippen molar-refractivity contribution in [1.29, 1.82) is 0 Å². The highest BCUT2D eigenvalue weighted by Crippen LogP contribution is 2.22. The van der Waals surface area contributed by atoms with Crippen LogP contribution in [0.3, 0.4) is 0 Å². The second-order valence-corrected chi connectivity index (χ2v) is 5.21. The average Bonchev–Trinajstić information content (AvgIpc) is 2.96. The van der Waals surface area contributed by atoms with Gasteiger partial charge in [0.15, 0.2) is 0 Å². The molecule has 1 saturated heterocycles. The van der Waals surface area contributed by atoms with E-state index in [4.69, 9.17) is 4.74 Å². The van der Waals surface area contributed by atoms with Gasteiger partial charge in [0.2, 0.25) is 0 Å². The summed E-state index contributed by atoms with van der Waals surface area (Å²) in [5.74, 6) is 0.258. The SMILES string of the molecule is CCOC(=O)C1CCCN1C(=O)c1ccnc(N(C)C)c1. The molecule has 0 aromatic carbocycles. The van der Waals surface area contributed by atoms with E-state index in [0.717, 1.165) is 6.42 Å². The number of ether oxygens (including phenoxy) is 1. The predicted molar refractivity (Wildman–Crippen MR) is 79.3 cm³/mol. The van der Waals surface area contributed by atoms with Crippen molar-refractivity contribution in [2.45, 2.75) is 25.8 Å². The summed E-state index contributed by atoms with van der Waals surface area (Å²) in [4.78, 5) is 32.2. The Morgan fingerprint density at radius 3 is 2.90 bits per heavy atom. The highest BCUT2D eigenvalue weighted by Gasteiger charge is 2.35. The molecule has 1 atom stereocenters. The van der Waals surface area contributed by atoms with E-state index < -0.39 is 6.04 Å². The Balaban J connectivity index is 2.18. The van der Waals surface area contributed by atoms with Crippen LogP contribution in [0.15, 0.2) is 18.3 Å². The first-order valence-electron chi connectivity index (χ1n) is 7.15. The van der Waals surface area contributed by atoms with Crippen LogP contribution in [-0.4, -0.2) is 55.0 Å². The van der Waals surface area contributed by atoms with Gasteiger partial charge >= 0.3 is 5.97 Å². The predicted octanol–water partition coefficient (Wildman–Crippen LogP) is 1.32. The Morgan fingerprint density at radius 1 is 1.48 bits per heavy atom. The zero-order valence-electron chi connectivity index (χ0n) is 12.7. The van der Waals surface area contributed by atoms with Crippen LogP contribution >= 0.6 is 0 Å². The van der Waals surface area contributed by atoms with Gasteiger partial charge in [0.25, 0.3) is 5.91 Å². The summed E-state index contributed by atoms with van der Waals surface area (Å²) in [5, 5.41) is 0. The maximum atomic E-state index is 12.6. The summed E-state index contributed by atoms with van der Waals surface area (Å²) in [7, 11) is 3.74. The monoisotopic (exact) mass is 291 g/mol. The number of hydrogen-bond donors (Lipinski definition) is 0. The molecule has 6 nitrogen and oxygen atoms in total. The van der Waals surface area contributed by atoms with Gasteiger partial charge in [-0.25, -0.2) is 9.78 Å². The molecule has 1 unspecified atom stereocenters. The summed E-state index contributed by atoms with van der Waals surface area (Å²) in [5.41, 5.74) is 0.546.